The Morgan fingerprint density at radius 1 is 1.22 bits per heavy atom. The van der Waals surface area contributed by atoms with Crippen molar-refractivity contribution in [3.8, 4) is 0 Å². The minimum Gasteiger partial charge on any atom is -0.370 e. The summed E-state index contributed by atoms with van der Waals surface area (Å²) >= 11 is 0. The predicted molar refractivity (Wildman–Crippen MR) is 75.1 cm³/mol. The molecule has 100 valence electrons. The molecule has 0 aliphatic carbocycles. The van der Waals surface area contributed by atoms with Crippen LogP contribution in [0.3, 0.4) is 0 Å². The van der Waals surface area contributed by atoms with Gasteiger partial charge in [-0.2, -0.15) is 0 Å². The maximum atomic E-state index is 10.7. The summed E-state index contributed by atoms with van der Waals surface area (Å²) in [4.78, 5) is 10.7. The molecule has 0 aromatic heterocycles. The van der Waals surface area contributed by atoms with Crippen molar-refractivity contribution in [2.75, 3.05) is 0 Å². The van der Waals surface area contributed by atoms with Gasteiger partial charge in [-0.15, -0.1) is 0 Å². The molecule has 0 radical (unpaired) electrons. The van der Waals surface area contributed by atoms with Crippen molar-refractivity contribution < 1.29 is 4.79 Å². The summed E-state index contributed by atoms with van der Waals surface area (Å²) < 4.78 is 0. The third-order valence-electron chi connectivity index (χ3n) is 3.14. The number of carbonyl (C=O) groups excluding carboxylic acids is 1. The van der Waals surface area contributed by atoms with Gasteiger partial charge < -0.3 is 11.5 Å². The normalized spacial score (nSPS) is 13.3. The molecule has 3 nitrogen and oxygen atoms in total. The fourth-order valence-corrected chi connectivity index (χ4v) is 1.89. The third-order valence-corrected chi connectivity index (χ3v) is 3.14. The van der Waals surface area contributed by atoms with E-state index in [2.05, 4.69) is 45.0 Å². The van der Waals surface area contributed by atoms with Crippen LogP contribution in [0.15, 0.2) is 24.3 Å². The fraction of sp³-hybridized carbons (Fsp3) is 0.533. The Morgan fingerprint density at radius 2 is 1.78 bits per heavy atom. The van der Waals surface area contributed by atoms with Crippen molar-refractivity contribution in [1.82, 2.24) is 0 Å². The smallest absolute Gasteiger partial charge is 0.217 e. The van der Waals surface area contributed by atoms with Gasteiger partial charge in [0.05, 0.1) is 0 Å². The number of carbonyl (C=O) groups is 1. The van der Waals surface area contributed by atoms with Crippen LogP contribution in [0.25, 0.3) is 0 Å². The molecule has 0 aliphatic heterocycles. The van der Waals surface area contributed by atoms with Crippen LogP contribution < -0.4 is 11.5 Å². The number of amides is 1. The zero-order valence-electron chi connectivity index (χ0n) is 11.6. The molecular weight excluding hydrogens is 224 g/mol. The lowest BCUT2D eigenvalue weighted by Gasteiger charge is -2.20. The maximum absolute atomic E-state index is 10.7. The Hall–Kier alpha value is -1.35. The van der Waals surface area contributed by atoms with E-state index >= 15 is 0 Å². The van der Waals surface area contributed by atoms with Gasteiger partial charge in [0.1, 0.15) is 0 Å². The first-order valence-corrected chi connectivity index (χ1v) is 6.45. The second-order valence-corrected chi connectivity index (χ2v) is 5.84. The largest absolute Gasteiger partial charge is 0.370 e. The minimum absolute atomic E-state index is 0.0154. The molecule has 0 saturated carbocycles. The lowest BCUT2D eigenvalue weighted by molar-refractivity contribution is -0.118. The van der Waals surface area contributed by atoms with Gasteiger partial charge >= 0.3 is 0 Å². The van der Waals surface area contributed by atoms with Gasteiger partial charge in [0.25, 0.3) is 0 Å². The number of nitrogens with two attached hydrogens (primary N) is 2. The molecule has 0 fully saturated rings. The SMILES string of the molecule is CC(C)(C)c1ccc(C(N)CCCC(N)=O)cc1. The molecule has 1 aromatic rings. The van der Waals surface area contributed by atoms with E-state index in [9.17, 15) is 4.79 Å². The first-order chi connectivity index (χ1) is 8.30. The van der Waals surface area contributed by atoms with Crippen LogP contribution >= 0.6 is 0 Å². The molecule has 1 unspecified atom stereocenters. The molecule has 1 aromatic carbocycles. The van der Waals surface area contributed by atoms with Gasteiger partial charge in [0, 0.05) is 12.5 Å². The zero-order chi connectivity index (χ0) is 13.8. The van der Waals surface area contributed by atoms with Crippen molar-refractivity contribution in [1.29, 1.82) is 0 Å². The van der Waals surface area contributed by atoms with Crippen LogP contribution in [0, 0.1) is 0 Å². The zero-order valence-corrected chi connectivity index (χ0v) is 11.6. The lowest BCUT2D eigenvalue weighted by Crippen LogP contribution is -2.15. The third kappa shape index (κ3) is 4.49. The highest BCUT2D eigenvalue weighted by Crippen LogP contribution is 2.24. The number of benzene rings is 1. The summed E-state index contributed by atoms with van der Waals surface area (Å²) in [5.41, 5.74) is 13.8. The molecular formula is C15H24N2O. The standard InChI is InChI=1S/C15H24N2O/c1-15(2,3)12-9-7-11(8-10-12)13(16)5-4-6-14(17)18/h7-10,13H,4-6,16H2,1-3H3,(H2,17,18). The molecule has 1 atom stereocenters. The topological polar surface area (TPSA) is 69.1 Å². The Kier molecular flexibility index (Phi) is 4.91. The summed E-state index contributed by atoms with van der Waals surface area (Å²) in [5, 5.41) is 0. The van der Waals surface area contributed by atoms with Gasteiger partial charge in [-0.1, -0.05) is 45.0 Å². The van der Waals surface area contributed by atoms with Gasteiger partial charge in [-0.05, 0) is 29.4 Å². The Bertz CT molecular complexity index is 390. The maximum Gasteiger partial charge on any atom is 0.217 e. The fourth-order valence-electron chi connectivity index (χ4n) is 1.89. The van der Waals surface area contributed by atoms with Crippen LogP contribution in [0.4, 0.5) is 0 Å². The molecule has 0 spiro atoms. The monoisotopic (exact) mass is 248 g/mol. The van der Waals surface area contributed by atoms with Crippen molar-refractivity contribution >= 4 is 5.91 Å². The number of primary amides is 1. The van der Waals surface area contributed by atoms with Crippen LogP contribution in [0.1, 0.15) is 57.2 Å². The van der Waals surface area contributed by atoms with E-state index in [4.69, 9.17) is 11.5 Å². The van der Waals surface area contributed by atoms with Gasteiger partial charge in [-0.25, -0.2) is 0 Å². The predicted octanol–water partition coefficient (Wildman–Crippen LogP) is 2.64. The molecule has 0 aliphatic rings. The molecule has 0 heterocycles. The Balaban J connectivity index is 2.59. The molecule has 18 heavy (non-hydrogen) atoms. The quantitative estimate of drug-likeness (QED) is 0.841. The highest BCUT2D eigenvalue weighted by molar-refractivity contribution is 5.73. The molecule has 0 saturated heterocycles. The summed E-state index contributed by atoms with van der Waals surface area (Å²) in [5.74, 6) is -0.259. The molecule has 3 heteroatoms. The first kappa shape index (κ1) is 14.7. The summed E-state index contributed by atoms with van der Waals surface area (Å²) in [7, 11) is 0. The van der Waals surface area contributed by atoms with E-state index in [0.29, 0.717) is 6.42 Å². The van der Waals surface area contributed by atoms with E-state index in [-0.39, 0.29) is 17.4 Å². The van der Waals surface area contributed by atoms with Crippen LogP contribution in [-0.2, 0) is 10.2 Å². The second-order valence-electron chi connectivity index (χ2n) is 5.84. The summed E-state index contributed by atoms with van der Waals surface area (Å²) in [6, 6.07) is 8.40. The first-order valence-electron chi connectivity index (χ1n) is 6.45. The average molecular weight is 248 g/mol. The summed E-state index contributed by atoms with van der Waals surface area (Å²) in [6.07, 6.45) is 1.95. The van der Waals surface area contributed by atoms with E-state index in [0.717, 1.165) is 18.4 Å². The molecule has 4 N–H and O–H groups in total. The van der Waals surface area contributed by atoms with Gasteiger partial charge in [0.15, 0.2) is 0 Å². The second kappa shape index (κ2) is 6.01. The summed E-state index contributed by atoms with van der Waals surface area (Å²) in [6.45, 7) is 6.57. The van der Waals surface area contributed by atoms with Crippen LogP contribution in [0.5, 0.6) is 0 Å². The molecule has 1 amide bonds. The molecule has 1 rings (SSSR count). The van der Waals surface area contributed by atoms with Crippen LogP contribution in [-0.4, -0.2) is 5.91 Å². The van der Waals surface area contributed by atoms with Gasteiger partial charge in [0.2, 0.25) is 5.91 Å². The lowest BCUT2D eigenvalue weighted by atomic mass is 9.86. The highest BCUT2D eigenvalue weighted by atomic mass is 16.1. The molecule has 0 bridgehead atoms. The Labute approximate surface area is 110 Å². The van der Waals surface area contributed by atoms with E-state index in [1.165, 1.54) is 5.56 Å². The average Bonchev–Trinajstić information content (AvgIpc) is 2.27. The number of rotatable bonds is 5. The highest BCUT2D eigenvalue weighted by Gasteiger charge is 2.14. The van der Waals surface area contributed by atoms with Crippen molar-refractivity contribution in [3.63, 3.8) is 0 Å². The minimum atomic E-state index is -0.259. The van der Waals surface area contributed by atoms with E-state index in [1.54, 1.807) is 0 Å². The van der Waals surface area contributed by atoms with Gasteiger partial charge in [-0.3, -0.25) is 4.79 Å². The number of hydrogen-bond donors (Lipinski definition) is 2. The van der Waals surface area contributed by atoms with E-state index in [1.807, 2.05) is 0 Å². The number of hydrogen-bond acceptors (Lipinski definition) is 2. The van der Waals surface area contributed by atoms with Crippen molar-refractivity contribution in [3.05, 3.63) is 35.4 Å². The van der Waals surface area contributed by atoms with Crippen molar-refractivity contribution in [2.45, 2.75) is 51.5 Å². The Morgan fingerprint density at radius 3 is 2.22 bits per heavy atom. The van der Waals surface area contributed by atoms with E-state index < -0.39 is 0 Å². The van der Waals surface area contributed by atoms with Crippen molar-refractivity contribution in [2.24, 2.45) is 11.5 Å². The van der Waals surface area contributed by atoms with Crippen LogP contribution in [0.2, 0.25) is 0 Å².